The van der Waals surface area contributed by atoms with Gasteiger partial charge in [0, 0.05) is 9.79 Å². The second-order valence-corrected chi connectivity index (χ2v) is 4.90. The standard InChI is InChI=1S/C14H11FO2S/c1-9-3-2-4-12(14(16)17)13(9)18-11-7-5-10(15)6-8-11/h2-8H,1H3,(H,16,17). The first-order valence-corrected chi connectivity index (χ1v) is 6.16. The lowest BCUT2D eigenvalue weighted by molar-refractivity contribution is 0.0693. The van der Waals surface area contributed by atoms with Crippen molar-refractivity contribution in [3.8, 4) is 0 Å². The zero-order chi connectivity index (χ0) is 13.1. The van der Waals surface area contributed by atoms with Gasteiger partial charge in [-0.25, -0.2) is 9.18 Å². The molecule has 0 aliphatic heterocycles. The van der Waals surface area contributed by atoms with Crippen LogP contribution in [0.1, 0.15) is 15.9 Å². The van der Waals surface area contributed by atoms with E-state index in [9.17, 15) is 9.18 Å². The Hall–Kier alpha value is -1.81. The molecule has 0 heterocycles. The zero-order valence-corrected chi connectivity index (χ0v) is 10.5. The Labute approximate surface area is 108 Å². The first-order chi connectivity index (χ1) is 8.58. The van der Waals surface area contributed by atoms with E-state index < -0.39 is 5.97 Å². The second-order valence-electron chi connectivity index (χ2n) is 3.81. The summed E-state index contributed by atoms with van der Waals surface area (Å²) in [4.78, 5) is 12.6. The van der Waals surface area contributed by atoms with Crippen LogP contribution < -0.4 is 0 Å². The number of benzene rings is 2. The molecule has 0 saturated heterocycles. The number of hydrogen-bond donors (Lipinski definition) is 1. The van der Waals surface area contributed by atoms with Gasteiger partial charge in [-0.3, -0.25) is 0 Å². The van der Waals surface area contributed by atoms with Gasteiger partial charge in [0.15, 0.2) is 0 Å². The van der Waals surface area contributed by atoms with Gasteiger partial charge in [-0.1, -0.05) is 23.9 Å². The van der Waals surface area contributed by atoms with Gasteiger partial charge in [-0.2, -0.15) is 0 Å². The Morgan fingerprint density at radius 1 is 1.17 bits per heavy atom. The lowest BCUT2D eigenvalue weighted by Crippen LogP contribution is -2.00. The molecule has 2 rings (SSSR count). The van der Waals surface area contributed by atoms with E-state index in [1.54, 1.807) is 24.3 Å². The molecule has 0 aromatic heterocycles. The van der Waals surface area contributed by atoms with Crippen molar-refractivity contribution in [1.29, 1.82) is 0 Å². The van der Waals surface area contributed by atoms with Crippen LogP contribution in [-0.2, 0) is 0 Å². The fourth-order valence-corrected chi connectivity index (χ4v) is 2.58. The third kappa shape index (κ3) is 2.71. The molecular formula is C14H11FO2S. The molecule has 0 fully saturated rings. The SMILES string of the molecule is Cc1cccc(C(=O)O)c1Sc1ccc(F)cc1. The van der Waals surface area contributed by atoms with Gasteiger partial charge in [-0.05, 0) is 42.8 Å². The van der Waals surface area contributed by atoms with E-state index in [4.69, 9.17) is 5.11 Å². The van der Waals surface area contributed by atoms with Crippen LogP contribution in [0.15, 0.2) is 52.3 Å². The van der Waals surface area contributed by atoms with Crippen LogP contribution in [0.25, 0.3) is 0 Å². The van der Waals surface area contributed by atoms with E-state index in [0.29, 0.717) is 4.90 Å². The minimum absolute atomic E-state index is 0.268. The lowest BCUT2D eigenvalue weighted by atomic mass is 10.1. The normalized spacial score (nSPS) is 10.3. The summed E-state index contributed by atoms with van der Waals surface area (Å²) in [6.45, 7) is 1.86. The van der Waals surface area contributed by atoms with Crippen LogP contribution in [0.4, 0.5) is 4.39 Å². The summed E-state index contributed by atoms with van der Waals surface area (Å²) >= 11 is 1.33. The predicted octanol–water partition coefficient (Wildman–Crippen LogP) is 3.98. The molecule has 2 nitrogen and oxygen atoms in total. The molecule has 4 heteroatoms. The highest BCUT2D eigenvalue weighted by molar-refractivity contribution is 7.99. The van der Waals surface area contributed by atoms with E-state index >= 15 is 0 Å². The highest BCUT2D eigenvalue weighted by Gasteiger charge is 2.13. The highest BCUT2D eigenvalue weighted by Crippen LogP contribution is 2.33. The summed E-state index contributed by atoms with van der Waals surface area (Å²) in [6, 6.07) is 11.1. The maximum absolute atomic E-state index is 12.8. The van der Waals surface area contributed by atoms with Gasteiger partial charge < -0.3 is 5.11 Å². The molecule has 18 heavy (non-hydrogen) atoms. The minimum Gasteiger partial charge on any atom is -0.478 e. The van der Waals surface area contributed by atoms with E-state index in [0.717, 1.165) is 10.5 Å². The van der Waals surface area contributed by atoms with Crippen LogP contribution in [0.5, 0.6) is 0 Å². The van der Waals surface area contributed by atoms with Crippen molar-refractivity contribution < 1.29 is 14.3 Å². The lowest BCUT2D eigenvalue weighted by Gasteiger charge is -2.09. The van der Waals surface area contributed by atoms with Gasteiger partial charge in [0.25, 0.3) is 0 Å². The monoisotopic (exact) mass is 262 g/mol. The molecule has 0 saturated carbocycles. The average molecular weight is 262 g/mol. The van der Waals surface area contributed by atoms with E-state index in [1.165, 1.54) is 23.9 Å². The summed E-state index contributed by atoms with van der Waals surface area (Å²) in [5.41, 5.74) is 1.16. The Balaban J connectivity index is 2.39. The fourth-order valence-electron chi connectivity index (χ4n) is 1.58. The Kier molecular flexibility index (Phi) is 3.67. The first-order valence-electron chi connectivity index (χ1n) is 5.34. The van der Waals surface area contributed by atoms with Crippen LogP contribution >= 0.6 is 11.8 Å². The highest BCUT2D eigenvalue weighted by atomic mass is 32.2. The minimum atomic E-state index is -0.955. The molecule has 92 valence electrons. The van der Waals surface area contributed by atoms with Gasteiger partial charge in [0.2, 0.25) is 0 Å². The predicted molar refractivity (Wildman–Crippen MR) is 68.7 cm³/mol. The van der Waals surface area contributed by atoms with Crippen LogP contribution in [0.3, 0.4) is 0 Å². The number of rotatable bonds is 3. The topological polar surface area (TPSA) is 37.3 Å². The maximum Gasteiger partial charge on any atom is 0.336 e. The maximum atomic E-state index is 12.8. The summed E-state index contributed by atoms with van der Waals surface area (Å²) in [6.07, 6.45) is 0. The number of halogens is 1. The van der Waals surface area contributed by atoms with Gasteiger partial charge in [0.1, 0.15) is 5.82 Å². The van der Waals surface area contributed by atoms with Gasteiger partial charge in [-0.15, -0.1) is 0 Å². The fraction of sp³-hybridized carbons (Fsp3) is 0.0714. The summed E-state index contributed by atoms with van der Waals surface area (Å²) < 4.78 is 12.8. The van der Waals surface area contributed by atoms with Crippen molar-refractivity contribution in [3.05, 3.63) is 59.4 Å². The van der Waals surface area contributed by atoms with Gasteiger partial charge >= 0.3 is 5.97 Å². The summed E-state index contributed by atoms with van der Waals surface area (Å²) in [5.74, 6) is -1.26. The average Bonchev–Trinajstić information content (AvgIpc) is 2.34. The Morgan fingerprint density at radius 3 is 2.44 bits per heavy atom. The molecule has 0 bridgehead atoms. The van der Waals surface area contributed by atoms with Crippen molar-refractivity contribution in [3.63, 3.8) is 0 Å². The quantitative estimate of drug-likeness (QED) is 0.909. The molecule has 0 atom stereocenters. The molecule has 2 aromatic carbocycles. The second kappa shape index (κ2) is 5.23. The van der Waals surface area contributed by atoms with Crippen molar-refractivity contribution in [2.24, 2.45) is 0 Å². The molecule has 0 unspecified atom stereocenters. The van der Waals surface area contributed by atoms with E-state index in [1.807, 2.05) is 13.0 Å². The molecule has 0 radical (unpaired) electrons. The summed E-state index contributed by atoms with van der Waals surface area (Å²) in [5, 5.41) is 9.14. The third-order valence-corrected chi connectivity index (χ3v) is 3.73. The molecule has 0 aliphatic carbocycles. The van der Waals surface area contributed by atoms with E-state index in [2.05, 4.69) is 0 Å². The van der Waals surface area contributed by atoms with E-state index in [-0.39, 0.29) is 11.4 Å². The third-order valence-electron chi connectivity index (χ3n) is 2.48. The number of aryl methyl sites for hydroxylation is 1. The molecule has 2 aromatic rings. The van der Waals surface area contributed by atoms with Crippen molar-refractivity contribution in [2.75, 3.05) is 0 Å². The Bertz CT molecular complexity index is 579. The zero-order valence-electron chi connectivity index (χ0n) is 9.68. The smallest absolute Gasteiger partial charge is 0.336 e. The number of carboxylic acid groups (broad SMARTS) is 1. The molecule has 1 N–H and O–H groups in total. The largest absolute Gasteiger partial charge is 0.478 e. The number of hydrogen-bond acceptors (Lipinski definition) is 2. The van der Waals surface area contributed by atoms with Crippen LogP contribution in [-0.4, -0.2) is 11.1 Å². The first kappa shape index (κ1) is 12.6. The molecular weight excluding hydrogens is 251 g/mol. The molecule has 0 amide bonds. The molecule has 0 aliphatic rings. The molecule has 0 spiro atoms. The van der Waals surface area contributed by atoms with Gasteiger partial charge in [0.05, 0.1) is 5.56 Å². The Morgan fingerprint density at radius 2 is 1.83 bits per heavy atom. The van der Waals surface area contributed by atoms with Crippen LogP contribution in [0, 0.1) is 12.7 Å². The number of carbonyl (C=O) groups is 1. The van der Waals surface area contributed by atoms with Crippen LogP contribution in [0.2, 0.25) is 0 Å². The number of carboxylic acids is 1. The van der Waals surface area contributed by atoms with Crippen molar-refractivity contribution in [1.82, 2.24) is 0 Å². The summed E-state index contributed by atoms with van der Waals surface area (Å²) in [7, 11) is 0. The van der Waals surface area contributed by atoms with Crippen molar-refractivity contribution in [2.45, 2.75) is 16.7 Å². The van der Waals surface area contributed by atoms with Crippen molar-refractivity contribution >= 4 is 17.7 Å². The number of aromatic carboxylic acids is 1.